The minimum Gasteiger partial charge on any atom is -0.487 e. The zero-order valence-corrected chi connectivity index (χ0v) is 11.9. The second kappa shape index (κ2) is 5.53. The summed E-state index contributed by atoms with van der Waals surface area (Å²) in [6, 6.07) is 7.12. The van der Waals surface area contributed by atoms with E-state index in [1.165, 1.54) is 0 Å². The molecule has 1 unspecified atom stereocenters. The first-order valence-electron chi connectivity index (χ1n) is 6.61. The molecule has 5 heteroatoms. The predicted molar refractivity (Wildman–Crippen MR) is 74.0 cm³/mol. The fourth-order valence-corrected chi connectivity index (χ4v) is 1.96. The summed E-state index contributed by atoms with van der Waals surface area (Å²) in [7, 11) is 0. The number of carbonyl (C=O) groups is 2. The lowest BCUT2D eigenvalue weighted by Gasteiger charge is -2.26. The molecule has 0 aliphatic carbocycles. The number of ether oxygens (including phenoxy) is 2. The van der Waals surface area contributed by atoms with Crippen LogP contribution < -0.4 is 10.1 Å². The summed E-state index contributed by atoms with van der Waals surface area (Å²) in [6.45, 7) is 5.63. The van der Waals surface area contributed by atoms with Crippen LogP contribution in [0.3, 0.4) is 0 Å². The Hall–Kier alpha value is -2.04. The molecule has 108 valence electrons. The second-order valence-electron chi connectivity index (χ2n) is 5.75. The second-order valence-corrected chi connectivity index (χ2v) is 5.75. The van der Waals surface area contributed by atoms with E-state index in [9.17, 15) is 9.59 Å². The van der Waals surface area contributed by atoms with E-state index in [0.717, 1.165) is 0 Å². The minimum absolute atomic E-state index is 0.0304. The zero-order chi connectivity index (χ0) is 14.8. The number of fused-ring (bicyclic) bond motifs is 1. The molecule has 0 radical (unpaired) electrons. The number of hydrogen-bond donors (Lipinski definition) is 1. The number of carbonyl (C=O) groups excluding carboxylic acids is 2. The van der Waals surface area contributed by atoms with Gasteiger partial charge in [-0.05, 0) is 32.9 Å². The maximum absolute atomic E-state index is 11.9. The van der Waals surface area contributed by atoms with Gasteiger partial charge in [-0.1, -0.05) is 12.1 Å². The van der Waals surface area contributed by atoms with Crippen molar-refractivity contribution in [1.82, 2.24) is 5.32 Å². The lowest BCUT2D eigenvalue weighted by Crippen LogP contribution is -2.41. The molecule has 1 N–H and O–H groups in total. The first-order chi connectivity index (χ1) is 9.35. The number of nitrogens with one attached hydrogen (secondary N) is 1. The van der Waals surface area contributed by atoms with Gasteiger partial charge in [-0.2, -0.15) is 0 Å². The maximum Gasteiger partial charge on any atom is 0.407 e. The van der Waals surface area contributed by atoms with Crippen molar-refractivity contribution in [3.8, 4) is 5.75 Å². The third-order valence-electron chi connectivity index (χ3n) is 2.77. The zero-order valence-electron chi connectivity index (χ0n) is 11.9. The maximum atomic E-state index is 11.9. The predicted octanol–water partition coefficient (Wildman–Crippen LogP) is 2.55. The molecule has 0 aromatic heterocycles. The van der Waals surface area contributed by atoms with Crippen LogP contribution in [-0.4, -0.2) is 30.1 Å². The largest absolute Gasteiger partial charge is 0.487 e. The van der Waals surface area contributed by atoms with Crippen LogP contribution in [0.25, 0.3) is 0 Å². The fourth-order valence-electron chi connectivity index (χ4n) is 1.96. The first-order valence-corrected chi connectivity index (χ1v) is 6.61. The summed E-state index contributed by atoms with van der Waals surface area (Å²) >= 11 is 0. The summed E-state index contributed by atoms with van der Waals surface area (Å²) < 4.78 is 10.8. The quantitative estimate of drug-likeness (QED) is 0.902. The lowest BCUT2D eigenvalue weighted by atomic mass is 10.0. The molecule has 0 spiro atoms. The highest BCUT2D eigenvalue weighted by Gasteiger charge is 2.26. The average Bonchev–Trinajstić information content (AvgIpc) is 2.34. The average molecular weight is 277 g/mol. The number of ketones is 1. The third-order valence-corrected chi connectivity index (χ3v) is 2.77. The van der Waals surface area contributed by atoms with Gasteiger partial charge in [0.25, 0.3) is 0 Å². The number of alkyl carbamates (subject to hydrolysis) is 1. The van der Waals surface area contributed by atoms with Gasteiger partial charge in [-0.3, -0.25) is 4.79 Å². The summed E-state index contributed by atoms with van der Waals surface area (Å²) in [5.74, 6) is 0.600. The van der Waals surface area contributed by atoms with E-state index >= 15 is 0 Å². The van der Waals surface area contributed by atoms with Gasteiger partial charge in [0.05, 0.1) is 12.1 Å². The molecule has 1 heterocycles. The topological polar surface area (TPSA) is 64.6 Å². The molecule has 1 aliphatic heterocycles. The smallest absolute Gasteiger partial charge is 0.407 e. The number of para-hydroxylation sites is 1. The van der Waals surface area contributed by atoms with Crippen LogP contribution >= 0.6 is 0 Å². The summed E-state index contributed by atoms with van der Waals surface area (Å²) in [4.78, 5) is 23.5. The molecule has 1 aromatic rings. The number of benzene rings is 1. The van der Waals surface area contributed by atoms with Crippen molar-refractivity contribution in [3.05, 3.63) is 29.8 Å². The Labute approximate surface area is 118 Å². The van der Waals surface area contributed by atoms with Gasteiger partial charge in [0, 0.05) is 6.42 Å². The van der Waals surface area contributed by atoms with Gasteiger partial charge in [0.15, 0.2) is 5.78 Å². The molecular formula is C15H19NO4. The molecule has 1 aromatic carbocycles. The van der Waals surface area contributed by atoms with Gasteiger partial charge < -0.3 is 14.8 Å². The van der Waals surface area contributed by atoms with E-state index in [1.807, 2.05) is 6.07 Å². The molecule has 5 nitrogen and oxygen atoms in total. The van der Waals surface area contributed by atoms with Gasteiger partial charge in [-0.25, -0.2) is 4.79 Å². The normalized spacial score (nSPS) is 17.9. The van der Waals surface area contributed by atoms with Crippen molar-refractivity contribution in [3.63, 3.8) is 0 Å². The molecule has 0 fully saturated rings. The van der Waals surface area contributed by atoms with Crippen molar-refractivity contribution >= 4 is 11.9 Å². The highest BCUT2D eigenvalue weighted by atomic mass is 16.6. The Morgan fingerprint density at radius 3 is 2.80 bits per heavy atom. The van der Waals surface area contributed by atoms with E-state index in [2.05, 4.69) is 5.32 Å². The Kier molecular flexibility index (Phi) is 3.97. The Morgan fingerprint density at radius 2 is 2.10 bits per heavy atom. The highest BCUT2D eigenvalue weighted by Crippen LogP contribution is 2.26. The molecule has 20 heavy (non-hydrogen) atoms. The standard InChI is InChI=1S/C15H19NO4/c1-15(2,3)20-14(18)16-9-10-8-12(17)11-6-4-5-7-13(11)19-10/h4-7,10H,8-9H2,1-3H3,(H,16,18). The van der Waals surface area contributed by atoms with Crippen molar-refractivity contribution in [2.45, 2.75) is 38.9 Å². The van der Waals surface area contributed by atoms with E-state index < -0.39 is 11.7 Å². The molecule has 2 rings (SSSR count). The van der Waals surface area contributed by atoms with Crippen molar-refractivity contribution in [1.29, 1.82) is 0 Å². The molecule has 0 bridgehead atoms. The third kappa shape index (κ3) is 3.73. The Bertz CT molecular complexity index is 519. The number of Topliss-reactive ketones (excluding diaryl/α,β-unsaturated/α-hetero) is 1. The highest BCUT2D eigenvalue weighted by molar-refractivity contribution is 5.99. The SMILES string of the molecule is CC(C)(C)OC(=O)NCC1CC(=O)c2ccccc2O1. The number of amides is 1. The summed E-state index contributed by atoms with van der Waals surface area (Å²) in [5, 5.41) is 2.62. The van der Waals surface area contributed by atoms with E-state index in [-0.39, 0.29) is 24.9 Å². The van der Waals surface area contributed by atoms with Crippen LogP contribution in [-0.2, 0) is 4.74 Å². The van der Waals surface area contributed by atoms with E-state index in [4.69, 9.17) is 9.47 Å². The van der Waals surface area contributed by atoms with Crippen molar-refractivity contribution in [2.24, 2.45) is 0 Å². The van der Waals surface area contributed by atoms with Crippen LogP contribution in [0, 0.1) is 0 Å². The Balaban J connectivity index is 1.90. The first kappa shape index (κ1) is 14.4. The minimum atomic E-state index is -0.542. The fraction of sp³-hybridized carbons (Fsp3) is 0.467. The monoisotopic (exact) mass is 277 g/mol. The van der Waals surface area contributed by atoms with Crippen LogP contribution in [0.4, 0.5) is 4.79 Å². The van der Waals surface area contributed by atoms with Gasteiger partial charge in [-0.15, -0.1) is 0 Å². The molecule has 1 atom stereocenters. The van der Waals surface area contributed by atoms with Gasteiger partial charge in [0.2, 0.25) is 0 Å². The molecule has 0 saturated carbocycles. The van der Waals surface area contributed by atoms with Crippen LogP contribution in [0.1, 0.15) is 37.6 Å². The van der Waals surface area contributed by atoms with Gasteiger partial charge in [0.1, 0.15) is 17.5 Å². The molecule has 1 amide bonds. The van der Waals surface area contributed by atoms with Crippen molar-refractivity contribution < 1.29 is 19.1 Å². The molecule has 0 saturated heterocycles. The van der Waals surface area contributed by atoms with E-state index in [0.29, 0.717) is 11.3 Å². The van der Waals surface area contributed by atoms with E-state index in [1.54, 1.807) is 39.0 Å². The Morgan fingerprint density at radius 1 is 1.40 bits per heavy atom. The van der Waals surface area contributed by atoms with Crippen LogP contribution in [0.15, 0.2) is 24.3 Å². The lowest BCUT2D eigenvalue weighted by molar-refractivity contribution is 0.0487. The van der Waals surface area contributed by atoms with Crippen LogP contribution in [0.5, 0.6) is 5.75 Å². The van der Waals surface area contributed by atoms with Gasteiger partial charge >= 0.3 is 6.09 Å². The van der Waals surface area contributed by atoms with Crippen molar-refractivity contribution in [2.75, 3.05) is 6.54 Å². The van der Waals surface area contributed by atoms with Crippen LogP contribution in [0.2, 0.25) is 0 Å². The number of rotatable bonds is 2. The summed E-state index contributed by atoms with van der Waals surface area (Å²) in [6.07, 6.45) is -0.607. The molecular weight excluding hydrogens is 258 g/mol. The summed E-state index contributed by atoms with van der Waals surface area (Å²) in [5.41, 5.74) is 0.0564. The molecule has 1 aliphatic rings. The number of hydrogen-bond acceptors (Lipinski definition) is 4.